The molecule has 1 aromatic heterocycles. The van der Waals surface area contributed by atoms with Crippen molar-refractivity contribution < 1.29 is 14.0 Å². The van der Waals surface area contributed by atoms with Gasteiger partial charge in [0.2, 0.25) is 11.8 Å². The van der Waals surface area contributed by atoms with Gasteiger partial charge in [-0.1, -0.05) is 30.0 Å². The molecule has 8 heteroatoms. The first-order chi connectivity index (χ1) is 12.5. The number of carbonyl (C=O) groups excluding carboxylic acids is 2. The molecule has 1 aromatic carbocycles. The summed E-state index contributed by atoms with van der Waals surface area (Å²) in [4.78, 5) is 24.2. The molecule has 0 radical (unpaired) electrons. The van der Waals surface area contributed by atoms with Crippen LogP contribution in [0.1, 0.15) is 23.5 Å². The molecule has 1 aliphatic heterocycles. The lowest BCUT2D eigenvalue weighted by Crippen LogP contribution is -2.28. The highest BCUT2D eigenvalue weighted by Crippen LogP contribution is 2.23. The average molecular weight is 370 g/mol. The number of nitrogens with zero attached hydrogens (tertiary/aromatic N) is 2. The summed E-state index contributed by atoms with van der Waals surface area (Å²) < 4.78 is 5.34. The van der Waals surface area contributed by atoms with Crippen LogP contribution in [0.4, 0.5) is 5.69 Å². The summed E-state index contributed by atoms with van der Waals surface area (Å²) in [5, 5.41) is 13.1. The van der Waals surface area contributed by atoms with Gasteiger partial charge in [0.05, 0.1) is 6.21 Å². The number of anilines is 1. The highest BCUT2D eigenvalue weighted by molar-refractivity contribution is 8.15. The summed E-state index contributed by atoms with van der Waals surface area (Å²) in [6.45, 7) is 3.75. The molecule has 0 unspecified atom stereocenters. The van der Waals surface area contributed by atoms with Crippen molar-refractivity contribution in [2.24, 2.45) is 10.2 Å². The van der Waals surface area contributed by atoms with Gasteiger partial charge in [0.25, 0.3) is 0 Å². The average Bonchev–Trinajstić information content (AvgIpc) is 3.16. The molecule has 2 amide bonds. The van der Waals surface area contributed by atoms with E-state index in [-0.39, 0.29) is 18.2 Å². The Kier molecular flexibility index (Phi) is 5.52. The molecular formula is C18H18N4O3S. The van der Waals surface area contributed by atoms with Crippen LogP contribution in [-0.4, -0.2) is 28.4 Å². The topological polar surface area (TPSA) is 96.1 Å². The van der Waals surface area contributed by atoms with E-state index in [9.17, 15) is 9.59 Å². The highest BCUT2D eigenvalue weighted by atomic mass is 32.2. The fraction of sp³-hybridized carbons (Fsp3) is 0.222. The maximum Gasteiger partial charge on any atom is 0.240 e. The van der Waals surface area contributed by atoms with E-state index in [1.165, 1.54) is 18.0 Å². The van der Waals surface area contributed by atoms with E-state index in [4.69, 9.17) is 4.42 Å². The van der Waals surface area contributed by atoms with E-state index in [0.29, 0.717) is 10.9 Å². The second-order valence-electron chi connectivity index (χ2n) is 5.76. The Bertz CT molecular complexity index is 888. The minimum Gasteiger partial charge on any atom is -0.460 e. The molecule has 0 spiro atoms. The van der Waals surface area contributed by atoms with Crippen LogP contribution in [0.5, 0.6) is 0 Å². The predicted molar refractivity (Wildman–Crippen MR) is 102 cm³/mol. The maximum absolute atomic E-state index is 12.2. The standard InChI is InChI=1S/C18H18N4O3S/c1-11-5-3-4-6-14(11)20-16(23)9-15-17(24)21-18(26-15)22-19-10-13-8-7-12(2)25-13/h3-8,10,15H,9H2,1-2H3,(H,20,23)(H,21,22,24)/b19-10-/t15-/m1/s1. The lowest BCUT2D eigenvalue weighted by molar-refractivity contribution is -0.122. The molecule has 1 saturated heterocycles. The molecule has 2 heterocycles. The van der Waals surface area contributed by atoms with Crippen LogP contribution in [0.15, 0.2) is 51.0 Å². The Hall–Kier alpha value is -2.87. The third-order valence-corrected chi connectivity index (χ3v) is 4.73. The molecule has 1 aliphatic rings. The van der Waals surface area contributed by atoms with Crippen molar-refractivity contribution in [1.29, 1.82) is 0 Å². The lowest BCUT2D eigenvalue weighted by atomic mass is 10.2. The summed E-state index contributed by atoms with van der Waals surface area (Å²) in [5.41, 5.74) is 1.71. The van der Waals surface area contributed by atoms with Gasteiger partial charge in [-0.25, -0.2) is 0 Å². The lowest BCUT2D eigenvalue weighted by Gasteiger charge is -2.09. The molecule has 0 saturated carbocycles. The van der Waals surface area contributed by atoms with Gasteiger partial charge in [-0.15, -0.1) is 5.10 Å². The van der Waals surface area contributed by atoms with Crippen molar-refractivity contribution in [3.8, 4) is 0 Å². The first-order valence-electron chi connectivity index (χ1n) is 8.02. The van der Waals surface area contributed by atoms with Crippen molar-refractivity contribution in [3.63, 3.8) is 0 Å². The van der Waals surface area contributed by atoms with Crippen LogP contribution < -0.4 is 10.6 Å². The number of nitrogens with one attached hydrogen (secondary N) is 2. The zero-order chi connectivity index (χ0) is 18.5. The third kappa shape index (κ3) is 4.60. The second-order valence-corrected chi connectivity index (χ2v) is 6.95. The largest absolute Gasteiger partial charge is 0.460 e. The van der Waals surface area contributed by atoms with Gasteiger partial charge in [-0.05, 0) is 37.6 Å². The third-order valence-electron chi connectivity index (χ3n) is 3.66. The van der Waals surface area contributed by atoms with Crippen LogP contribution in [0.3, 0.4) is 0 Å². The monoisotopic (exact) mass is 370 g/mol. The number of rotatable bonds is 5. The first-order valence-corrected chi connectivity index (χ1v) is 8.89. The van der Waals surface area contributed by atoms with Gasteiger partial charge in [0.15, 0.2) is 5.17 Å². The van der Waals surface area contributed by atoms with E-state index in [0.717, 1.165) is 17.0 Å². The zero-order valence-corrected chi connectivity index (χ0v) is 15.2. The normalized spacial score (nSPS) is 18.5. The number of hydrogen-bond donors (Lipinski definition) is 2. The number of benzene rings is 1. The molecule has 1 atom stereocenters. The number of carbonyl (C=O) groups is 2. The van der Waals surface area contributed by atoms with Gasteiger partial charge in [-0.3, -0.25) is 9.59 Å². The molecule has 1 fully saturated rings. The van der Waals surface area contributed by atoms with Crippen LogP contribution in [-0.2, 0) is 9.59 Å². The molecule has 134 valence electrons. The molecule has 0 bridgehead atoms. The Morgan fingerprint density at radius 1 is 1.31 bits per heavy atom. The summed E-state index contributed by atoms with van der Waals surface area (Å²) >= 11 is 1.19. The Morgan fingerprint density at radius 2 is 2.12 bits per heavy atom. The van der Waals surface area contributed by atoms with E-state index in [1.807, 2.05) is 44.2 Å². The van der Waals surface area contributed by atoms with Gasteiger partial charge >= 0.3 is 0 Å². The van der Waals surface area contributed by atoms with Crippen LogP contribution >= 0.6 is 11.8 Å². The number of hydrogen-bond acceptors (Lipinski definition) is 6. The smallest absolute Gasteiger partial charge is 0.240 e. The van der Waals surface area contributed by atoms with Crippen molar-refractivity contribution in [2.45, 2.75) is 25.5 Å². The van der Waals surface area contributed by atoms with E-state index >= 15 is 0 Å². The summed E-state index contributed by atoms with van der Waals surface area (Å²) in [6, 6.07) is 11.1. The van der Waals surface area contributed by atoms with Gasteiger partial charge in [0, 0.05) is 12.1 Å². The minimum absolute atomic E-state index is 0.0605. The van der Waals surface area contributed by atoms with Crippen LogP contribution in [0.2, 0.25) is 0 Å². The number of thioether (sulfide) groups is 1. The van der Waals surface area contributed by atoms with Crippen molar-refractivity contribution in [1.82, 2.24) is 5.32 Å². The molecule has 26 heavy (non-hydrogen) atoms. The Balaban J connectivity index is 1.56. The van der Waals surface area contributed by atoms with Crippen molar-refractivity contribution in [3.05, 3.63) is 53.5 Å². The molecule has 0 aliphatic carbocycles. The molecule has 2 N–H and O–H groups in total. The number of aryl methyl sites for hydroxylation is 2. The fourth-order valence-corrected chi connectivity index (χ4v) is 3.25. The maximum atomic E-state index is 12.2. The van der Waals surface area contributed by atoms with Crippen LogP contribution in [0.25, 0.3) is 0 Å². The van der Waals surface area contributed by atoms with Gasteiger partial charge < -0.3 is 15.1 Å². The number of amides is 2. The van der Waals surface area contributed by atoms with Crippen LogP contribution in [0, 0.1) is 13.8 Å². The minimum atomic E-state index is -0.529. The van der Waals surface area contributed by atoms with Gasteiger partial charge in [0.1, 0.15) is 16.8 Å². The summed E-state index contributed by atoms with van der Waals surface area (Å²) in [7, 11) is 0. The second kappa shape index (κ2) is 8.01. The Labute approximate surface area is 155 Å². The molecular weight excluding hydrogens is 352 g/mol. The van der Waals surface area contributed by atoms with E-state index < -0.39 is 5.25 Å². The quantitative estimate of drug-likeness (QED) is 0.625. The number of furan rings is 1. The Morgan fingerprint density at radius 3 is 2.85 bits per heavy atom. The summed E-state index contributed by atoms with van der Waals surface area (Å²) in [5.74, 6) is 0.887. The highest BCUT2D eigenvalue weighted by Gasteiger charge is 2.32. The van der Waals surface area contributed by atoms with Gasteiger partial charge in [-0.2, -0.15) is 5.10 Å². The zero-order valence-electron chi connectivity index (χ0n) is 14.4. The number of para-hydroxylation sites is 1. The van der Waals surface area contributed by atoms with E-state index in [1.54, 1.807) is 6.07 Å². The molecule has 3 rings (SSSR count). The SMILES string of the molecule is Cc1ccc(/C=N\N=C2/NC(=O)[C@@H](CC(=O)Nc3ccccc3C)S2)o1. The molecule has 2 aromatic rings. The molecule has 7 nitrogen and oxygen atoms in total. The van der Waals surface area contributed by atoms with E-state index in [2.05, 4.69) is 20.8 Å². The fourth-order valence-electron chi connectivity index (χ4n) is 2.33. The first kappa shape index (κ1) is 17.9. The van der Waals surface area contributed by atoms with Crippen molar-refractivity contribution >= 4 is 40.6 Å². The predicted octanol–water partition coefficient (Wildman–Crippen LogP) is 2.85. The number of amidine groups is 1. The summed E-state index contributed by atoms with van der Waals surface area (Å²) in [6.07, 6.45) is 1.52. The van der Waals surface area contributed by atoms with Crippen molar-refractivity contribution in [2.75, 3.05) is 5.32 Å².